The van der Waals surface area contributed by atoms with E-state index in [0.717, 1.165) is 0 Å². The zero-order valence-electron chi connectivity index (χ0n) is 8.69. The van der Waals surface area contributed by atoms with Gasteiger partial charge in [0.1, 0.15) is 11.6 Å². The average molecular weight is 310 g/mol. The van der Waals surface area contributed by atoms with E-state index in [1.165, 1.54) is 18.2 Å². The number of halogens is 3. The smallest absolute Gasteiger partial charge is 0.262 e. The predicted molar refractivity (Wildman–Crippen MR) is 63.6 cm³/mol. The van der Waals surface area contributed by atoms with E-state index < -0.39 is 20.0 Å². The van der Waals surface area contributed by atoms with Crippen LogP contribution in [0.2, 0.25) is 5.02 Å². The molecule has 0 spiro atoms. The van der Waals surface area contributed by atoms with E-state index in [1.54, 1.807) is 0 Å². The van der Waals surface area contributed by atoms with Crippen LogP contribution in [0.25, 0.3) is 0 Å². The number of nitrogens with zero attached hydrogens (tertiary/aromatic N) is 2. The molecule has 0 unspecified atom stereocenters. The normalized spacial score (nSPS) is 11.7. The summed E-state index contributed by atoms with van der Waals surface area (Å²) in [5.74, 6) is -0.351. The monoisotopic (exact) mass is 309 g/mol. The molecular weight excluding hydrogens is 304 g/mol. The van der Waals surface area contributed by atoms with Crippen LogP contribution in [0.15, 0.2) is 23.4 Å². The molecule has 0 amide bonds. The first-order valence-electron chi connectivity index (χ1n) is 4.67. The minimum absolute atomic E-state index is 0.00901. The van der Waals surface area contributed by atoms with Gasteiger partial charge in [-0.25, -0.2) is 17.8 Å². The van der Waals surface area contributed by atoms with Crippen molar-refractivity contribution < 1.29 is 12.8 Å². The van der Waals surface area contributed by atoms with Gasteiger partial charge in [-0.1, -0.05) is 17.7 Å². The van der Waals surface area contributed by atoms with Crippen molar-refractivity contribution in [1.82, 2.24) is 15.2 Å². The SMILES string of the molecule is O=S(=O)(Cl)c1n[nH]c(Cc2c(F)cccc2Cl)n1. The number of H-pyrrole nitrogens is 1. The van der Waals surface area contributed by atoms with Gasteiger partial charge in [0.05, 0.1) is 0 Å². The number of aromatic nitrogens is 3. The molecule has 0 radical (unpaired) electrons. The zero-order valence-corrected chi connectivity index (χ0v) is 11.0. The summed E-state index contributed by atoms with van der Waals surface area (Å²) >= 11 is 5.83. The number of hydrogen-bond donors (Lipinski definition) is 1. The van der Waals surface area contributed by atoms with Crippen LogP contribution in [0.5, 0.6) is 0 Å². The third-order valence-corrected chi connectivity index (χ3v) is 3.52. The van der Waals surface area contributed by atoms with Crippen LogP contribution >= 0.6 is 22.3 Å². The van der Waals surface area contributed by atoms with E-state index >= 15 is 0 Å². The van der Waals surface area contributed by atoms with Crippen molar-refractivity contribution in [2.75, 3.05) is 0 Å². The van der Waals surface area contributed by atoms with Crippen LogP contribution in [-0.4, -0.2) is 23.6 Å². The molecule has 2 aromatic rings. The van der Waals surface area contributed by atoms with Crippen molar-refractivity contribution in [3.8, 4) is 0 Å². The molecule has 0 aliphatic carbocycles. The number of nitrogens with one attached hydrogen (secondary N) is 1. The second kappa shape index (κ2) is 4.83. The van der Waals surface area contributed by atoms with Gasteiger partial charge in [-0.2, -0.15) is 0 Å². The molecule has 0 fully saturated rings. The molecule has 5 nitrogen and oxygen atoms in total. The summed E-state index contributed by atoms with van der Waals surface area (Å²) in [5.41, 5.74) is 0.203. The Morgan fingerprint density at radius 2 is 2.11 bits per heavy atom. The lowest BCUT2D eigenvalue weighted by Gasteiger charge is -2.02. The van der Waals surface area contributed by atoms with Gasteiger partial charge in [-0.15, -0.1) is 5.10 Å². The summed E-state index contributed by atoms with van der Waals surface area (Å²) in [7, 11) is 1.06. The van der Waals surface area contributed by atoms with Crippen molar-refractivity contribution >= 4 is 31.3 Å². The molecule has 1 aromatic carbocycles. The lowest BCUT2D eigenvalue weighted by molar-refractivity contribution is 0.601. The lowest BCUT2D eigenvalue weighted by Crippen LogP contribution is -1.97. The molecule has 0 bridgehead atoms. The van der Waals surface area contributed by atoms with E-state index in [0.29, 0.717) is 0 Å². The summed E-state index contributed by atoms with van der Waals surface area (Å²) in [6.45, 7) is 0. The van der Waals surface area contributed by atoms with Gasteiger partial charge in [-0.3, -0.25) is 5.10 Å². The van der Waals surface area contributed by atoms with Crippen LogP contribution in [0.4, 0.5) is 4.39 Å². The fraction of sp³-hybridized carbons (Fsp3) is 0.111. The quantitative estimate of drug-likeness (QED) is 0.881. The third-order valence-electron chi connectivity index (χ3n) is 2.14. The van der Waals surface area contributed by atoms with Crippen LogP contribution in [0.3, 0.4) is 0 Å². The van der Waals surface area contributed by atoms with E-state index in [1.807, 2.05) is 0 Å². The number of rotatable bonds is 3. The fourth-order valence-electron chi connectivity index (χ4n) is 1.33. The lowest BCUT2D eigenvalue weighted by atomic mass is 10.1. The number of benzene rings is 1. The Hall–Kier alpha value is -1.18. The maximum Gasteiger partial charge on any atom is 0.298 e. The Morgan fingerprint density at radius 3 is 2.67 bits per heavy atom. The van der Waals surface area contributed by atoms with Crippen LogP contribution in [0, 0.1) is 5.82 Å². The summed E-state index contributed by atoms with van der Waals surface area (Å²) in [4.78, 5) is 3.65. The molecule has 9 heteroatoms. The summed E-state index contributed by atoms with van der Waals surface area (Å²) in [6, 6.07) is 4.24. The predicted octanol–water partition coefficient (Wildman–Crippen LogP) is 2.12. The molecule has 0 aliphatic heterocycles. The van der Waals surface area contributed by atoms with Gasteiger partial charge < -0.3 is 0 Å². The van der Waals surface area contributed by atoms with Crippen LogP contribution in [0.1, 0.15) is 11.4 Å². The first kappa shape index (κ1) is 13.3. The Balaban J connectivity index is 2.33. The molecule has 1 aromatic heterocycles. The van der Waals surface area contributed by atoms with Gasteiger partial charge in [0.25, 0.3) is 14.2 Å². The first-order chi connectivity index (χ1) is 8.38. The van der Waals surface area contributed by atoms with Gasteiger partial charge in [0, 0.05) is 27.7 Å². The highest BCUT2D eigenvalue weighted by atomic mass is 35.7. The molecule has 1 heterocycles. The Kier molecular flexibility index (Phi) is 3.56. The third kappa shape index (κ3) is 2.80. The molecule has 18 heavy (non-hydrogen) atoms. The zero-order chi connectivity index (χ0) is 13.3. The molecule has 0 atom stereocenters. The minimum atomic E-state index is -4.00. The summed E-state index contributed by atoms with van der Waals surface area (Å²) < 4.78 is 35.4. The van der Waals surface area contributed by atoms with Gasteiger partial charge >= 0.3 is 0 Å². The molecule has 0 saturated heterocycles. The molecule has 1 N–H and O–H groups in total. The topological polar surface area (TPSA) is 75.7 Å². The van der Waals surface area contributed by atoms with Crippen molar-refractivity contribution in [2.45, 2.75) is 11.6 Å². The highest BCUT2D eigenvalue weighted by Crippen LogP contribution is 2.21. The van der Waals surface area contributed by atoms with Crippen molar-refractivity contribution in [2.24, 2.45) is 0 Å². The summed E-state index contributed by atoms with van der Waals surface area (Å²) in [6.07, 6.45) is -0.00901. The molecule has 2 rings (SSSR count). The van der Waals surface area contributed by atoms with E-state index in [-0.39, 0.29) is 22.8 Å². The molecular formula is C9H6Cl2FN3O2S. The maximum atomic E-state index is 13.5. The van der Waals surface area contributed by atoms with Crippen molar-refractivity contribution in [1.29, 1.82) is 0 Å². The second-order valence-corrected chi connectivity index (χ2v) is 6.25. The highest BCUT2D eigenvalue weighted by Gasteiger charge is 2.18. The van der Waals surface area contributed by atoms with E-state index in [9.17, 15) is 12.8 Å². The molecule has 0 aliphatic rings. The van der Waals surface area contributed by atoms with Gasteiger partial charge in [0.2, 0.25) is 0 Å². The Labute approximate surface area is 111 Å². The largest absolute Gasteiger partial charge is 0.298 e. The molecule has 96 valence electrons. The van der Waals surface area contributed by atoms with Crippen LogP contribution in [-0.2, 0) is 15.5 Å². The Bertz CT molecular complexity index is 667. The first-order valence-corrected chi connectivity index (χ1v) is 7.35. The van der Waals surface area contributed by atoms with Crippen LogP contribution < -0.4 is 0 Å². The van der Waals surface area contributed by atoms with Crippen molar-refractivity contribution in [3.05, 3.63) is 40.4 Å². The van der Waals surface area contributed by atoms with E-state index in [2.05, 4.69) is 15.2 Å². The Morgan fingerprint density at radius 1 is 1.39 bits per heavy atom. The average Bonchev–Trinajstić information content (AvgIpc) is 2.72. The maximum absolute atomic E-state index is 13.5. The standard InChI is InChI=1S/C9H6Cl2FN3O2S/c10-6-2-1-3-7(12)5(6)4-8-13-9(15-14-8)18(11,16)17/h1-3H,4H2,(H,13,14,15). The highest BCUT2D eigenvalue weighted by molar-refractivity contribution is 8.13. The number of aromatic amines is 1. The summed E-state index contributed by atoms with van der Waals surface area (Å²) in [5, 5.41) is 5.46. The van der Waals surface area contributed by atoms with Crippen molar-refractivity contribution in [3.63, 3.8) is 0 Å². The number of hydrogen-bond acceptors (Lipinski definition) is 4. The van der Waals surface area contributed by atoms with Gasteiger partial charge in [-0.05, 0) is 12.1 Å². The van der Waals surface area contributed by atoms with Gasteiger partial charge in [0.15, 0.2) is 0 Å². The minimum Gasteiger partial charge on any atom is -0.262 e. The molecule has 0 saturated carbocycles. The fourth-order valence-corrected chi connectivity index (χ4v) is 2.15. The second-order valence-electron chi connectivity index (χ2n) is 3.38. The van der Waals surface area contributed by atoms with E-state index in [4.69, 9.17) is 22.3 Å².